The van der Waals surface area contributed by atoms with Gasteiger partial charge in [0.15, 0.2) is 0 Å². The number of benzene rings is 1. The Morgan fingerprint density at radius 1 is 1.17 bits per heavy atom. The minimum absolute atomic E-state index is 0.0815. The van der Waals surface area contributed by atoms with Crippen LogP contribution in [0, 0.1) is 0 Å². The highest BCUT2D eigenvalue weighted by molar-refractivity contribution is 7.16. The number of hydrogen-bond donors (Lipinski definition) is 1. The smallest absolute Gasteiger partial charge is 0.305 e. The summed E-state index contributed by atoms with van der Waals surface area (Å²) < 4.78 is 1.66. The molecular formula is C21H24N4O3S. The molecule has 1 N–H and O–H groups in total. The molecule has 1 aliphatic heterocycles. The van der Waals surface area contributed by atoms with Crippen molar-refractivity contribution >= 4 is 27.5 Å². The molecule has 0 saturated carbocycles. The molecular weight excluding hydrogens is 388 g/mol. The Hall–Kier alpha value is -2.55. The minimum atomic E-state index is -0.888. The Labute approximate surface area is 172 Å². The maximum Gasteiger partial charge on any atom is 0.305 e. The van der Waals surface area contributed by atoms with E-state index in [1.807, 2.05) is 35.7 Å². The molecule has 152 valence electrons. The predicted octanol–water partition coefficient (Wildman–Crippen LogP) is 2.27. The highest BCUT2D eigenvalue weighted by Gasteiger charge is 2.30. The summed E-state index contributed by atoms with van der Waals surface area (Å²) in [7, 11) is 2.06. The third-order valence-corrected chi connectivity index (χ3v) is 6.25. The topological polar surface area (TPSA) is 78.7 Å². The van der Waals surface area contributed by atoms with Crippen molar-refractivity contribution in [2.75, 3.05) is 33.2 Å². The van der Waals surface area contributed by atoms with Crippen LogP contribution < -0.4 is 5.56 Å². The lowest BCUT2D eigenvalue weighted by Crippen LogP contribution is -2.47. The van der Waals surface area contributed by atoms with Crippen LogP contribution in [-0.4, -0.2) is 63.7 Å². The lowest BCUT2D eigenvalue weighted by Gasteiger charge is -2.37. The average molecular weight is 413 g/mol. The largest absolute Gasteiger partial charge is 0.481 e. The Kier molecular flexibility index (Phi) is 5.75. The lowest BCUT2D eigenvalue weighted by molar-refractivity contribution is -0.138. The number of rotatable bonds is 6. The molecule has 4 rings (SSSR count). The number of carboxylic acid groups (broad SMARTS) is 1. The fourth-order valence-corrected chi connectivity index (χ4v) is 4.58. The molecule has 1 saturated heterocycles. The van der Waals surface area contributed by atoms with Crippen LogP contribution in [0.1, 0.15) is 23.9 Å². The molecule has 0 bridgehead atoms. The number of carbonyl (C=O) groups is 1. The zero-order valence-corrected chi connectivity index (χ0v) is 17.1. The number of aromatic nitrogens is 2. The molecule has 29 heavy (non-hydrogen) atoms. The maximum atomic E-state index is 13.3. The number of thiophene rings is 1. The van der Waals surface area contributed by atoms with Crippen LogP contribution in [0.5, 0.6) is 0 Å². The van der Waals surface area contributed by atoms with Gasteiger partial charge in [0, 0.05) is 26.2 Å². The summed E-state index contributed by atoms with van der Waals surface area (Å²) in [5, 5.41) is 12.0. The summed E-state index contributed by atoms with van der Waals surface area (Å²) >= 11 is 1.42. The average Bonchev–Trinajstić information content (AvgIpc) is 3.19. The summed E-state index contributed by atoms with van der Waals surface area (Å²) in [6.45, 7) is 3.59. The molecule has 1 unspecified atom stereocenters. The van der Waals surface area contributed by atoms with E-state index < -0.39 is 12.0 Å². The number of hydrogen-bond acceptors (Lipinski definition) is 6. The van der Waals surface area contributed by atoms with E-state index in [9.17, 15) is 14.7 Å². The summed E-state index contributed by atoms with van der Waals surface area (Å²) in [5.41, 5.74) is 0.874. The van der Waals surface area contributed by atoms with Crippen molar-refractivity contribution < 1.29 is 9.90 Å². The molecule has 8 heteroatoms. The first-order valence-corrected chi connectivity index (χ1v) is 10.6. The van der Waals surface area contributed by atoms with E-state index in [4.69, 9.17) is 4.98 Å². The van der Waals surface area contributed by atoms with Gasteiger partial charge in [-0.05, 0) is 24.1 Å². The highest BCUT2D eigenvalue weighted by atomic mass is 32.1. The van der Waals surface area contributed by atoms with Gasteiger partial charge in [-0.1, -0.05) is 30.3 Å². The molecule has 1 aliphatic rings. The third-order valence-electron chi connectivity index (χ3n) is 5.44. The van der Waals surface area contributed by atoms with E-state index in [2.05, 4.69) is 16.8 Å². The van der Waals surface area contributed by atoms with E-state index in [-0.39, 0.29) is 12.0 Å². The Morgan fingerprint density at radius 2 is 1.90 bits per heavy atom. The Morgan fingerprint density at radius 3 is 2.59 bits per heavy atom. The van der Waals surface area contributed by atoms with Gasteiger partial charge in [-0.2, -0.15) is 0 Å². The summed E-state index contributed by atoms with van der Waals surface area (Å²) in [5.74, 6) is -0.346. The molecule has 0 amide bonds. The first kappa shape index (κ1) is 19.8. The number of fused-ring (bicyclic) bond motifs is 1. The molecule has 0 spiro atoms. The Bertz CT molecular complexity index is 1050. The SMILES string of the molecule is CN1CCN(C(CC(=O)O)c2nc3sccc3c(=O)n2Cc2ccccc2)CC1. The molecule has 1 fully saturated rings. The van der Waals surface area contributed by atoms with Crippen LogP contribution in [0.25, 0.3) is 10.2 Å². The second-order valence-corrected chi connectivity index (χ2v) is 8.33. The zero-order valence-electron chi connectivity index (χ0n) is 16.3. The van der Waals surface area contributed by atoms with Gasteiger partial charge < -0.3 is 10.0 Å². The van der Waals surface area contributed by atoms with Crippen LogP contribution in [0.15, 0.2) is 46.6 Å². The number of carboxylic acids is 1. The van der Waals surface area contributed by atoms with Crippen molar-refractivity contribution in [3.05, 3.63) is 63.5 Å². The van der Waals surface area contributed by atoms with Crippen LogP contribution >= 0.6 is 11.3 Å². The van der Waals surface area contributed by atoms with Crippen LogP contribution in [0.3, 0.4) is 0 Å². The number of aliphatic carboxylic acids is 1. The van der Waals surface area contributed by atoms with Crippen LogP contribution in [0.2, 0.25) is 0 Å². The molecule has 3 aromatic rings. The molecule has 1 aromatic carbocycles. The van der Waals surface area contributed by atoms with Crippen LogP contribution in [-0.2, 0) is 11.3 Å². The maximum absolute atomic E-state index is 13.3. The van der Waals surface area contributed by atoms with Gasteiger partial charge in [-0.3, -0.25) is 19.1 Å². The monoisotopic (exact) mass is 412 g/mol. The number of piperazine rings is 1. The predicted molar refractivity (Wildman–Crippen MR) is 113 cm³/mol. The van der Waals surface area contributed by atoms with E-state index in [0.717, 1.165) is 31.7 Å². The second kappa shape index (κ2) is 8.44. The van der Waals surface area contributed by atoms with Gasteiger partial charge in [-0.15, -0.1) is 11.3 Å². The summed E-state index contributed by atoms with van der Waals surface area (Å²) in [4.78, 5) is 34.8. The van der Waals surface area contributed by atoms with Crippen molar-refractivity contribution in [2.45, 2.75) is 19.0 Å². The summed E-state index contributed by atoms with van der Waals surface area (Å²) in [6, 6.07) is 11.1. The fourth-order valence-electron chi connectivity index (χ4n) is 3.82. The van der Waals surface area contributed by atoms with Crippen molar-refractivity contribution in [3.8, 4) is 0 Å². The van der Waals surface area contributed by atoms with Crippen molar-refractivity contribution in [3.63, 3.8) is 0 Å². The van der Waals surface area contributed by atoms with Crippen molar-refractivity contribution in [1.82, 2.24) is 19.4 Å². The Balaban J connectivity index is 1.83. The first-order chi connectivity index (χ1) is 14.0. The van der Waals surface area contributed by atoms with E-state index in [1.54, 1.807) is 10.6 Å². The van der Waals surface area contributed by atoms with Gasteiger partial charge >= 0.3 is 5.97 Å². The molecule has 1 atom stereocenters. The lowest BCUT2D eigenvalue weighted by atomic mass is 10.1. The van der Waals surface area contributed by atoms with Crippen LogP contribution in [0.4, 0.5) is 0 Å². The number of nitrogens with zero attached hydrogens (tertiary/aromatic N) is 4. The van der Waals surface area contributed by atoms with Gasteiger partial charge in [-0.25, -0.2) is 4.98 Å². The fraction of sp³-hybridized carbons (Fsp3) is 0.381. The van der Waals surface area contributed by atoms with E-state index >= 15 is 0 Å². The highest BCUT2D eigenvalue weighted by Crippen LogP contribution is 2.27. The normalized spacial score (nSPS) is 16.9. The molecule has 7 nitrogen and oxygen atoms in total. The molecule has 0 aliphatic carbocycles. The van der Waals surface area contributed by atoms with Gasteiger partial charge in [0.1, 0.15) is 10.7 Å². The molecule has 0 radical (unpaired) electrons. The third kappa shape index (κ3) is 4.24. The second-order valence-electron chi connectivity index (χ2n) is 7.44. The standard InChI is InChI=1S/C21H24N4O3S/c1-23-8-10-24(11-9-23)17(13-18(26)27)19-22-20-16(7-12-29-20)21(28)25(19)14-15-5-3-2-4-6-15/h2-7,12,17H,8-11,13-14H2,1H3,(H,26,27). The van der Waals surface area contributed by atoms with Gasteiger partial charge in [0.2, 0.25) is 0 Å². The van der Waals surface area contributed by atoms with Gasteiger partial charge in [0.05, 0.1) is 24.4 Å². The van der Waals surface area contributed by atoms with E-state index in [1.165, 1.54) is 11.3 Å². The summed E-state index contributed by atoms with van der Waals surface area (Å²) in [6.07, 6.45) is -0.0815. The minimum Gasteiger partial charge on any atom is -0.481 e. The zero-order chi connectivity index (χ0) is 20.4. The number of likely N-dealkylation sites (N-methyl/N-ethyl adjacent to an activating group) is 1. The van der Waals surface area contributed by atoms with Crippen molar-refractivity contribution in [1.29, 1.82) is 0 Å². The molecule has 2 aromatic heterocycles. The van der Waals surface area contributed by atoms with E-state index in [0.29, 0.717) is 22.6 Å². The van der Waals surface area contributed by atoms with Gasteiger partial charge in [0.25, 0.3) is 5.56 Å². The first-order valence-electron chi connectivity index (χ1n) is 9.69. The molecule has 3 heterocycles. The quantitative estimate of drug-likeness (QED) is 0.669. The van der Waals surface area contributed by atoms with Crippen molar-refractivity contribution in [2.24, 2.45) is 0 Å².